The second-order valence-electron chi connectivity index (χ2n) is 6.13. The van der Waals surface area contributed by atoms with E-state index in [0.29, 0.717) is 5.11 Å². The predicted octanol–water partition coefficient (Wildman–Crippen LogP) is 4.77. The van der Waals surface area contributed by atoms with Crippen molar-refractivity contribution < 1.29 is 4.74 Å². The smallest absolute Gasteiger partial charge is 0.170 e. The van der Waals surface area contributed by atoms with Gasteiger partial charge in [0.2, 0.25) is 0 Å². The minimum atomic E-state index is 0.612. The molecule has 140 valence electrons. The van der Waals surface area contributed by atoms with E-state index in [9.17, 15) is 0 Å². The molecule has 2 N–H and O–H groups in total. The lowest BCUT2D eigenvalue weighted by Crippen LogP contribution is -2.30. The third-order valence-electron chi connectivity index (χ3n) is 4.12. The largest absolute Gasteiger partial charge is 0.494 e. The predicted molar refractivity (Wildman–Crippen MR) is 120 cm³/mol. The number of methoxy groups -OCH3 is 1. The molecule has 0 saturated heterocycles. The molecule has 0 aliphatic rings. The maximum absolute atomic E-state index is 5.43. The third kappa shape index (κ3) is 5.34. The molecule has 4 nitrogen and oxygen atoms in total. The highest BCUT2D eigenvalue weighted by atomic mass is 32.2. The SMILES string of the molecule is COc1ccc(NC(=S)NCCSCc2ccc(C)cc2)c2cccnc12. The quantitative estimate of drug-likeness (QED) is 0.442. The van der Waals surface area contributed by atoms with Crippen LogP contribution in [0.1, 0.15) is 11.1 Å². The molecule has 0 spiro atoms. The average Bonchev–Trinajstić information content (AvgIpc) is 2.69. The fraction of sp³-hybridized carbons (Fsp3) is 0.238. The van der Waals surface area contributed by atoms with Crippen LogP contribution >= 0.6 is 24.0 Å². The van der Waals surface area contributed by atoms with E-state index in [1.165, 1.54) is 11.1 Å². The lowest BCUT2D eigenvalue weighted by molar-refractivity contribution is 0.419. The highest BCUT2D eigenvalue weighted by Gasteiger charge is 2.08. The number of nitrogens with one attached hydrogen (secondary N) is 2. The number of pyridine rings is 1. The Morgan fingerprint density at radius 1 is 1.15 bits per heavy atom. The molecule has 27 heavy (non-hydrogen) atoms. The number of benzene rings is 2. The van der Waals surface area contributed by atoms with Crippen LogP contribution in [-0.2, 0) is 5.75 Å². The van der Waals surface area contributed by atoms with E-state index in [2.05, 4.69) is 46.8 Å². The van der Waals surface area contributed by atoms with Crippen LogP contribution in [0.4, 0.5) is 5.69 Å². The maximum Gasteiger partial charge on any atom is 0.170 e. The van der Waals surface area contributed by atoms with E-state index in [-0.39, 0.29) is 0 Å². The molecular formula is C21H23N3OS2. The standard InChI is InChI=1S/C21H23N3OS2/c1-15-5-7-16(8-6-15)14-27-13-12-23-21(26)24-18-9-10-19(25-2)20-17(18)4-3-11-22-20/h3-11H,12-14H2,1-2H3,(H2,23,24,26). The van der Waals surface area contributed by atoms with Crippen LogP contribution < -0.4 is 15.4 Å². The Morgan fingerprint density at radius 3 is 2.74 bits per heavy atom. The van der Waals surface area contributed by atoms with E-state index in [0.717, 1.165) is 40.4 Å². The van der Waals surface area contributed by atoms with Crippen LogP contribution in [0.2, 0.25) is 0 Å². The summed E-state index contributed by atoms with van der Waals surface area (Å²) in [5.41, 5.74) is 4.39. The number of nitrogens with zero attached hydrogens (tertiary/aromatic N) is 1. The van der Waals surface area contributed by atoms with Crippen LogP contribution in [0.25, 0.3) is 10.9 Å². The van der Waals surface area contributed by atoms with Crippen molar-refractivity contribution in [3.8, 4) is 5.75 Å². The molecule has 0 aliphatic carbocycles. The van der Waals surface area contributed by atoms with Crippen LogP contribution in [-0.4, -0.2) is 29.5 Å². The molecule has 0 radical (unpaired) electrons. The van der Waals surface area contributed by atoms with Crippen molar-refractivity contribution in [1.82, 2.24) is 10.3 Å². The highest BCUT2D eigenvalue weighted by molar-refractivity contribution is 7.98. The van der Waals surface area contributed by atoms with E-state index in [1.54, 1.807) is 13.3 Å². The molecule has 0 unspecified atom stereocenters. The van der Waals surface area contributed by atoms with Gasteiger partial charge in [-0.05, 0) is 49.0 Å². The van der Waals surface area contributed by atoms with Gasteiger partial charge in [-0.15, -0.1) is 0 Å². The minimum absolute atomic E-state index is 0.612. The van der Waals surface area contributed by atoms with Crippen LogP contribution in [0.15, 0.2) is 54.7 Å². The van der Waals surface area contributed by atoms with E-state index >= 15 is 0 Å². The molecule has 3 rings (SSSR count). The lowest BCUT2D eigenvalue weighted by Gasteiger charge is -2.13. The van der Waals surface area contributed by atoms with Crippen LogP contribution in [0.5, 0.6) is 5.75 Å². The summed E-state index contributed by atoms with van der Waals surface area (Å²) in [5.74, 6) is 2.75. The summed E-state index contributed by atoms with van der Waals surface area (Å²) in [5, 5.41) is 8.13. The fourth-order valence-electron chi connectivity index (χ4n) is 2.70. The van der Waals surface area contributed by atoms with Crippen molar-refractivity contribution in [3.05, 3.63) is 65.9 Å². The fourth-order valence-corrected chi connectivity index (χ4v) is 3.73. The van der Waals surface area contributed by atoms with Crippen LogP contribution in [0.3, 0.4) is 0 Å². The molecule has 3 aromatic rings. The third-order valence-corrected chi connectivity index (χ3v) is 5.40. The number of hydrogen-bond donors (Lipinski definition) is 2. The summed E-state index contributed by atoms with van der Waals surface area (Å²) in [6.07, 6.45) is 1.76. The number of ether oxygens (including phenoxy) is 1. The zero-order valence-corrected chi connectivity index (χ0v) is 17.1. The van der Waals surface area contributed by atoms with Gasteiger partial charge in [-0.2, -0.15) is 11.8 Å². The Kier molecular flexibility index (Phi) is 6.90. The van der Waals surface area contributed by atoms with Gasteiger partial charge < -0.3 is 15.4 Å². The molecule has 0 amide bonds. The second kappa shape index (κ2) is 9.58. The van der Waals surface area contributed by atoms with Gasteiger partial charge >= 0.3 is 0 Å². The summed E-state index contributed by atoms with van der Waals surface area (Å²) in [7, 11) is 1.65. The van der Waals surface area contributed by atoms with Crippen molar-refractivity contribution in [2.45, 2.75) is 12.7 Å². The van der Waals surface area contributed by atoms with Gasteiger partial charge in [-0.3, -0.25) is 4.98 Å². The van der Waals surface area contributed by atoms with Crippen LogP contribution in [0, 0.1) is 6.92 Å². The molecule has 6 heteroatoms. The molecule has 2 aromatic carbocycles. The Bertz CT molecular complexity index is 913. The van der Waals surface area contributed by atoms with Gasteiger partial charge in [0.05, 0.1) is 7.11 Å². The molecule has 0 bridgehead atoms. The summed E-state index contributed by atoms with van der Waals surface area (Å²) in [6.45, 7) is 2.92. The summed E-state index contributed by atoms with van der Waals surface area (Å²) in [4.78, 5) is 4.41. The Labute approximate surface area is 169 Å². The molecule has 0 atom stereocenters. The lowest BCUT2D eigenvalue weighted by atomic mass is 10.1. The first-order valence-corrected chi connectivity index (χ1v) is 10.3. The van der Waals surface area contributed by atoms with Gasteiger partial charge in [0, 0.05) is 35.3 Å². The zero-order valence-electron chi connectivity index (χ0n) is 15.5. The zero-order chi connectivity index (χ0) is 19.1. The number of rotatable bonds is 7. The normalized spacial score (nSPS) is 10.6. The number of thioether (sulfide) groups is 1. The second-order valence-corrected chi connectivity index (χ2v) is 7.65. The first kappa shape index (κ1) is 19.5. The van der Waals surface area contributed by atoms with E-state index < -0.39 is 0 Å². The van der Waals surface area contributed by atoms with E-state index in [1.807, 2.05) is 36.0 Å². The molecular weight excluding hydrogens is 374 g/mol. The molecule has 0 fully saturated rings. The van der Waals surface area contributed by atoms with Crippen molar-refractivity contribution in [3.63, 3.8) is 0 Å². The molecule has 0 saturated carbocycles. The first-order chi connectivity index (χ1) is 13.2. The molecule has 0 aliphatic heterocycles. The topological polar surface area (TPSA) is 46.2 Å². The molecule has 1 heterocycles. The maximum atomic E-state index is 5.43. The minimum Gasteiger partial charge on any atom is -0.494 e. The number of fused-ring (bicyclic) bond motifs is 1. The number of aromatic nitrogens is 1. The van der Waals surface area contributed by atoms with Gasteiger partial charge in [0.15, 0.2) is 5.11 Å². The van der Waals surface area contributed by atoms with Crippen molar-refractivity contribution in [1.29, 1.82) is 0 Å². The number of anilines is 1. The van der Waals surface area contributed by atoms with Gasteiger partial charge in [-0.1, -0.05) is 29.8 Å². The number of aryl methyl sites for hydroxylation is 1. The number of thiocarbonyl (C=S) groups is 1. The van der Waals surface area contributed by atoms with Crippen molar-refractivity contribution >= 4 is 45.7 Å². The molecule has 1 aromatic heterocycles. The van der Waals surface area contributed by atoms with Crippen molar-refractivity contribution in [2.75, 3.05) is 24.7 Å². The summed E-state index contributed by atoms with van der Waals surface area (Å²) >= 11 is 7.33. The number of hydrogen-bond acceptors (Lipinski definition) is 4. The Balaban J connectivity index is 1.48. The highest BCUT2D eigenvalue weighted by Crippen LogP contribution is 2.29. The van der Waals surface area contributed by atoms with Crippen molar-refractivity contribution in [2.24, 2.45) is 0 Å². The first-order valence-electron chi connectivity index (χ1n) is 8.77. The van der Waals surface area contributed by atoms with Gasteiger partial charge in [-0.25, -0.2) is 0 Å². The van der Waals surface area contributed by atoms with E-state index in [4.69, 9.17) is 17.0 Å². The monoisotopic (exact) mass is 397 g/mol. The van der Waals surface area contributed by atoms with Gasteiger partial charge in [0.25, 0.3) is 0 Å². The summed E-state index contributed by atoms with van der Waals surface area (Å²) in [6, 6.07) is 16.5. The Morgan fingerprint density at radius 2 is 1.96 bits per heavy atom. The van der Waals surface area contributed by atoms with Gasteiger partial charge in [0.1, 0.15) is 11.3 Å². The summed E-state index contributed by atoms with van der Waals surface area (Å²) < 4.78 is 5.38. The Hall–Kier alpha value is -2.31. The average molecular weight is 398 g/mol.